The van der Waals surface area contributed by atoms with Gasteiger partial charge < -0.3 is 15.2 Å². The standard InChI is InChI=1S/C15H20F3NO2/c1-2-12(20)9-21-14-6-3-10(8-19-11-4-5-11)7-13(14)15(16,17)18/h3,6-7,11-12,19-20H,2,4-5,8-9H2,1H3. The molecule has 1 atom stereocenters. The lowest BCUT2D eigenvalue weighted by molar-refractivity contribution is -0.139. The lowest BCUT2D eigenvalue weighted by Crippen LogP contribution is -2.19. The lowest BCUT2D eigenvalue weighted by Gasteiger charge is -2.17. The minimum absolute atomic E-state index is 0.140. The van der Waals surface area contributed by atoms with E-state index in [2.05, 4.69) is 5.32 Å². The van der Waals surface area contributed by atoms with Gasteiger partial charge in [0.25, 0.3) is 0 Å². The van der Waals surface area contributed by atoms with Gasteiger partial charge in [-0.2, -0.15) is 13.2 Å². The van der Waals surface area contributed by atoms with E-state index in [9.17, 15) is 18.3 Å². The summed E-state index contributed by atoms with van der Waals surface area (Å²) in [7, 11) is 0. The van der Waals surface area contributed by atoms with Gasteiger partial charge in [-0.05, 0) is 37.0 Å². The van der Waals surface area contributed by atoms with Crippen LogP contribution < -0.4 is 10.1 Å². The molecule has 1 unspecified atom stereocenters. The van der Waals surface area contributed by atoms with Gasteiger partial charge in [-0.3, -0.25) is 0 Å². The van der Waals surface area contributed by atoms with Crippen LogP contribution in [0, 0.1) is 0 Å². The second-order valence-corrected chi connectivity index (χ2v) is 5.36. The molecular weight excluding hydrogens is 283 g/mol. The highest BCUT2D eigenvalue weighted by Gasteiger charge is 2.35. The van der Waals surface area contributed by atoms with Crippen molar-refractivity contribution in [1.82, 2.24) is 5.32 Å². The van der Waals surface area contributed by atoms with Gasteiger partial charge in [-0.15, -0.1) is 0 Å². The minimum atomic E-state index is -4.47. The Morgan fingerprint density at radius 3 is 2.67 bits per heavy atom. The molecule has 0 spiro atoms. The van der Waals surface area contributed by atoms with Crippen molar-refractivity contribution in [3.05, 3.63) is 29.3 Å². The number of hydrogen-bond acceptors (Lipinski definition) is 3. The molecule has 118 valence electrons. The van der Waals surface area contributed by atoms with Crippen molar-refractivity contribution in [1.29, 1.82) is 0 Å². The first kappa shape index (κ1) is 16.1. The SMILES string of the molecule is CCC(O)COc1ccc(CNC2CC2)cc1C(F)(F)F. The highest BCUT2D eigenvalue weighted by Crippen LogP contribution is 2.37. The maximum absolute atomic E-state index is 13.1. The summed E-state index contributed by atoms with van der Waals surface area (Å²) in [6.07, 6.45) is -2.63. The number of aliphatic hydroxyl groups is 1. The quantitative estimate of drug-likeness (QED) is 0.813. The summed E-state index contributed by atoms with van der Waals surface area (Å²) in [6.45, 7) is 2.02. The van der Waals surface area contributed by atoms with Gasteiger partial charge in [0.1, 0.15) is 12.4 Å². The van der Waals surface area contributed by atoms with Gasteiger partial charge in [0.2, 0.25) is 0 Å². The number of rotatable bonds is 7. The Labute approximate surface area is 122 Å². The third-order valence-electron chi connectivity index (χ3n) is 3.42. The second kappa shape index (κ2) is 6.66. The number of aliphatic hydroxyl groups excluding tert-OH is 1. The molecule has 2 rings (SSSR count). The molecule has 0 heterocycles. The Balaban J connectivity index is 2.10. The average Bonchev–Trinajstić information content (AvgIpc) is 3.26. The third kappa shape index (κ3) is 4.89. The highest BCUT2D eigenvalue weighted by molar-refractivity contribution is 5.39. The van der Waals surface area contributed by atoms with Crippen LogP contribution in [0.5, 0.6) is 5.75 Å². The first-order chi connectivity index (χ1) is 9.90. The summed E-state index contributed by atoms with van der Waals surface area (Å²) in [4.78, 5) is 0. The first-order valence-corrected chi connectivity index (χ1v) is 7.14. The molecule has 21 heavy (non-hydrogen) atoms. The summed E-state index contributed by atoms with van der Waals surface area (Å²) < 4.78 is 44.4. The fraction of sp³-hybridized carbons (Fsp3) is 0.600. The van der Waals surface area contributed by atoms with Gasteiger partial charge >= 0.3 is 6.18 Å². The largest absolute Gasteiger partial charge is 0.490 e. The predicted molar refractivity (Wildman–Crippen MR) is 73.1 cm³/mol. The molecule has 1 aromatic carbocycles. The van der Waals surface area contributed by atoms with Crippen LogP contribution in [0.3, 0.4) is 0 Å². The molecule has 1 aliphatic rings. The Bertz CT molecular complexity index is 472. The van der Waals surface area contributed by atoms with Crippen LogP contribution in [-0.4, -0.2) is 23.9 Å². The summed E-state index contributed by atoms with van der Waals surface area (Å²) >= 11 is 0. The number of halogens is 3. The average molecular weight is 303 g/mol. The van der Waals surface area contributed by atoms with E-state index in [1.54, 1.807) is 13.0 Å². The van der Waals surface area contributed by atoms with E-state index in [0.717, 1.165) is 18.9 Å². The van der Waals surface area contributed by atoms with Crippen molar-refractivity contribution in [2.45, 2.75) is 51.1 Å². The molecular formula is C15H20F3NO2. The van der Waals surface area contributed by atoms with E-state index in [1.807, 2.05) is 0 Å². The van der Waals surface area contributed by atoms with Crippen LogP contribution in [0.25, 0.3) is 0 Å². The monoisotopic (exact) mass is 303 g/mol. The molecule has 1 fully saturated rings. The van der Waals surface area contributed by atoms with Gasteiger partial charge in [0, 0.05) is 12.6 Å². The summed E-state index contributed by atoms with van der Waals surface area (Å²) in [5.41, 5.74) is -0.210. The first-order valence-electron chi connectivity index (χ1n) is 7.14. The number of hydrogen-bond donors (Lipinski definition) is 2. The maximum atomic E-state index is 13.1. The maximum Gasteiger partial charge on any atom is 0.419 e. The number of nitrogens with one attached hydrogen (secondary N) is 1. The van der Waals surface area contributed by atoms with Crippen molar-refractivity contribution >= 4 is 0 Å². The van der Waals surface area contributed by atoms with E-state index in [4.69, 9.17) is 4.74 Å². The molecule has 0 bridgehead atoms. The van der Waals surface area contributed by atoms with Crippen LogP contribution >= 0.6 is 0 Å². The van der Waals surface area contributed by atoms with Crippen molar-refractivity contribution < 1.29 is 23.0 Å². The molecule has 1 aliphatic carbocycles. The van der Waals surface area contributed by atoms with E-state index < -0.39 is 17.8 Å². The number of alkyl halides is 3. The zero-order valence-electron chi connectivity index (χ0n) is 11.9. The lowest BCUT2D eigenvalue weighted by atomic mass is 10.1. The Kier molecular flexibility index (Phi) is 5.11. The molecule has 1 saturated carbocycles. The van der Waals surface area contributed by atoms with Crippen LogP contribution in [0.2, 0.25) is 0 Å². The third-order valence-corrected chi connectivity index (χ3v) is 3.42. The van der Waals surface area contributed by atoms with Gasteiger partial charge in [0.15, 0.2) is 0 Å². The smallest absolute Gasteiger partial charge is 0.419 e. The molecule has 0 radical (unpaired) electrons. The van der Waals surface area contributed by atoms with Crippen molar-refractivity contribution in [2.24, 2.45) is 0 Å². The Hall–Kier alpha value is -1.27. The molecule has 0 amide bonds. The fourth-order valence-corrected chi connectivity index (χ4v) is 1.89. The van der Waals surface area contributed by atoms with E-state index >= 15 is 0 Å². The topological polar surface area (TPSA) is 41.5 Å². The van der Waals surface area contributed by atoms with Gasteiger partial charge in [0.05, 0.1) is 11.7 Å². The molecule has 6 heteroatoms. The molecule has 2 N–H and O–H groups in total. The van der Waals surface area contributed by atoms with Crippen LogP contribution in [0.1, 0.15) is 37.3 Å². The van der Waals surface area contributed by atoms with Crippen LogP contribution in [0.15, 0.2) is 18.2 Å². The van der Waals surface area contributed by atoms with Crippen molar-refractivity contribution in [2.75, 3.05) is 6.61 Å². The normalized spacial score (nSPS) is 16.8. The second-order valence-electron chi connectivity index (χ2n) is 5.36. The van der Waals surface area contributed by atoms with E-state index in [-0.39, 0.29) is 12.4 Å². The minimum Gasteiger partial charge on any atom is -0.490 e. The zero-order chi connectivity index (χ0) is 15.5. The summed E-state index contributed by atoms with van der Waals surface area (Å²) in [6, 6.07) is 4.51. The Morgan fingerprint density at radius 2 is 2.10 bits per heavy atom. The highest BCUT2D eigenvalue weighted by atomic mass is 19.4. The van der Waals surface area contributed by atoms with Crippen molar-refractivity contribution in [3.63, 3.8) is 0 Å². The predicted octanol–water partition coefficient (Wildman–Crippen LogP) is 3.11. The molecule has 0 saturated heterocycles. The summed E-state index contributed by atoms with van der Waals surface area (Å²) in [5, 5.41) is 12.6. The van der Waals surface area contributed by atoms with Crippen LogP contribution in [0.4, 0.5) is 13.2 Å². The van der Waals surface area contributed by atoms with Gasteiger partial charge in [-0.1, -0.05) is 13.0 Å². The zero-order valence-corrected chi connectivity index (χ0v) is 11.9. The summed E-state index contributed by atoms with van der Waals surface area (Å²) in [5.74, 6) is -0.231. The molecule has 0 aromatic heterocycles. The molecule has 0 aliphatic heterocycles. The number of ether oxygens (including phenoxy) is 1. The molecule has 3 nitrogen and oxygen atoms in total. The van der Waals surface area contributed by atoms with Gasteiger partial charge in [-0.25, -0.2) is 0 Å². The molecule has 1 aromatic rings. The Morgan fingerprint density at radius 1 is 1.38 bits per heavy atom. The van der Waals surface area contributed by atoms with E-state index in [1.165, 1.54) is 6.07 Å². The van der Waals surface area contributed by atoms with Crippen molar-refractivity contribution in [3.8, 4) is 5.75 Å². The fourth-order valence-electron chi connectivity index (χ4n) is 1.89. The van der Waals surface area contributed by atoms with E-state index in [0.29, 0.717) is 24.6 Å². The number of benzene rings is 1. The van der Waals surface area contributed by atoms with Crippen LogP contribution in [-0.2, 0) is 12.7 Å².